The Morgan fingerprint density at radius 1 is 0.875 bits per heavy atom. The van der Waals surface area contributed by atoms with Gasteiger partial charge in [0.25, 0.3) is 0 Å². The van der Waals surface area contributed by atoms with Crippen molar-refractivity contribution < 1.29 is 14.3 Å². The number of guanidine groups is 1. The smallest absolute Gasteiger partial charge is 0.222 e. The average Bonchev–Trinajstić information content (AvgIpc) is 2.79. The zero-order valence-electron chi connectivity index (χ0n) is 19.1. The topological polar surface area (TPSA) is 84.0 Å². The zero-order valence-corrected chi connectivity index (χ0v) is 21.5. The monoisotopic (exact) mass is 554 g/mol. The fourth-order valence-electron chi connectivity index (χ4n) is 2.98. The van der Waals surface area contributed by atoms with Crippen LogP contribution in [0.4, 0.5) is 0 Å². The molecule has 1 amide bonds. The van der Waals surface area contributed by atoms with Crippen LogP contribution in [0.2, 0.25) is 0 Å². The molecule has 0 radical (unpaired) electrons. The van der Waals surface area contributed by atoms with Crippen molar-refractivity contribution in [1.29, 1.82) is 0 Å². The summed E-state index contributed by atoms with van der Waals surface area (Å²) in [5.41, 5.74) is 2.23. The number of carbonyl (C=O) groups is 1. The largest absolute Gasteiger partial charge is 0.490 e. The summed E-state index contributed by atoms with van der Waals surface area (Å²) in [6, 6.07) is 15.9. The van der Waals surface area contributed by atoms with Crippen molar-refractivity contribution in [3.05, 3.63) is 59.7 Å². The van der Waals surface area contributed by atoms with Crippen LogP contribution in [0.25, 0.3) is 0 Å². The van der Waals surface area contributed by atoms with Crippen LogP contribution < -0.4 is 25.4 Å². The number of ether oxygens (including phenoxy) is 2. The van der Waals surface area contributed by atoms with Crippen LogP contribution in [0, 0.1) is 0 Å². The molecule has 176 valence electrons. The van der Waals surface area contributed by atoms with Crippen LogP contribution in [0.5, 0.6) is 11.5 Å². The quantitative estimate of drug-likeness (QED) is 0.213. The van der Waals surface area contributed by atoms with Crippen molar-refractivity contribution in [2.45, 2.75) is 33.2 Å². The molecule has 0 spiro atoms. The van der Waals surface area contributed by atoms with Crippen LogP contribution in [0.15, 0.2) is 53.5 Å². The molecule has 0 unspecified atom stereocenters. The number of nitrogens with zero attached hydrogens (tertiary/aromatic N) is 1. The Kier molecular flexibility index (Phi) is 13.9. The van der Waals surface area contributed by atoms with E-state index in [1.807, 2.05) is 62.4 Å². The summed E-state index contributed by atoms with van der Waals surface area (Å²) in [4.78, 5) is 16.2. The van der Waals surface area contributed by atoms with E-state index in [9.17, 15) is 4.79 Å². The number of aliphatic imine (C=N–C) groups is 1. The standard InChI is InChI=1S/C24H34N4O3.HI/c1-4-30-21-12-11-19(17-22(21)31-5-2)13-15-26-24(25-3)27-16-14-23(29)28-18-20-9-7-6-8-10-20;/h6-12,17H,4-5,13-16,18H2,1-3H3,(H,28,29)(H2,25,26,27);1H. The second-order valence-electron chi connectivity index (χ2n) is 6.84. The van der Waals surface area contributed by atoms with Gasteiger partial charge in [-0.3, -0.25) is 9.79 Å². The van der Waals surface area contributed by atoms with Crippen molar-refractivity contribution in [1.82, 2.24) is 16.0 Å². The number of hydrogen-bond donors (Lipinski definition) is 3. The van der Waals surface area contributed by atoms with Gasteiger partial charge >= 0.3 is 0 Å². The van der Waals surface area contributed by atoms with Gasteiger partial charge in [0.05, 0.1) is 13.2 Å². The Labute approximate surface area is 208 Å². The molecule has 0 saturated carbocycles. The number of hydrogen-bond acceptors (Lipinski definition) is 4. The first kappa shape index (κ1) is 27.5. The van der Waals surface area contributed by atoms with Gasteiger partial charge in [-0.05, 0) is 43.5 Å². The van der Waals surface area contributed by atoms with Gasteiger partial charge < -0.3 is 25.4 Å². The number of amides is 1. The molecule has 0 aliphatic heterocycles. The van der Waals surface area contributed by atoms with Gasteiger partial charge in [-0.1, -0.05) is 36.4 Å². The molecule has 2 aromatic rings. The van der Waals surface area contributed by atoms with Crippen molar-refractivity contribution in [3.8, 4) is 11.5 Å². The highest BCUT2D eigenvalue weighted by Crippen LogP contribution is 2.28. The predicted octanol–water partition coefficient (Wildman–Crippen LogP) is 3.52. The van der Waals surface area contributed by atoms with Gasteiger partial charge in [-0.25, -0.2) is 0 Å². The number of nitrogens with one attached hydrogen (secondary N) is 3. The first-order chi connectivity index (χ1) is 15.2. The summed E-state index contributed by atoms with van der Waals surface area (Å²) < 4.78 is 11.3. The van der Waals surface area contributed by atoms with Crippen LogP contribution >= 0.6 is 24.0 Å². The minimum atomic E-state index is 0. The lowest BCUT2D eigenvalue weighted by molar-refractivity contribution is -0.121. The third kappa shape index (κ3) is 10.2. The average molecular weight is 554 g/mol. The lowest BCUT2D eigenvalue weighted by Gasteiger charge is -2.14. The summed E-state index contributed by atoms with van der Waals surface area (Å²) in [7, 11) is 1.72. The Bertz CT molecular complexity index is 831. The van der Waals surface area contributed by atoms with Gasteiger partial charge in [0, 0.05) is 33.1 Å². The zero-order chi connectivity index (χ0) is 22.3. The summed E-state index contributed by atoms with van der Waals surface area (Å²) in [6.07, 6.45) is 1.19. The van der Waals surface area contributed by atoms with Crippen LogP contribution in [-0.4, -0.2) is 45.2 Å². The Hall–Kier alpha value is -2.49. The Morgan fingerprint density at radius 3 is 2.25 bits per heavy atom. The van der Waals surface area contributed by atoms with E-state index >= 15 is 0 Å². The summed E-state index contributed by atoms with van der Waals surface area (Å²) in [6.45, 7) is 6.88. The molecule has 0 heterocycles. The van der Waals surface area contributed by atoms with Crippen molar-refractivity contribution in [2.24, 2.45) is 4.99 Å². The highest BCUT2D eigenvalue weighted by molar-refractivity contribution is 14.0. The van der Waals surface area contributed by atoms with Crippen LogP contribution in [0.3, 0.4) is 0 Å². The molecule has 0 aliphatic carbocycles. The van der Waals surface area contributed by atoms with Crippen molar-refractivity contribution in [2.75, 3.05) is 33.4 Å². The fourth-order valence-corrected chi connectivity index (χ4v) is 2.98. The lowest BCUT2D eigenvalue weighted by atomic mass is 10.1. The van der Waals surface area contributed by atoms with E-state index in [0.717, 1.165) is 29.0 Å². The minimum Gasteiger partial charge on any atom is -0.490 e. The second-order valence-corrected chi connectivity index (χ2v) is 6.84. The molecular formula is C24H35IN4O3. The van der Waals surface area contributed by atoms with Gasteiger partial charge in [-0.15, -0.1) is 24.0 Å². The van der Waals surface area contributed by atoms with E-state index < -0.39 is 0 Å². The molecule has 0 aromatic heterocycles. The van der Waals surface area contributed by atoms with Crippen molar-refractivity contribution >= 4 is 35.8 Å². The molecule has 0 aliphatic rings. The van der Waals surface area contributed by atoms with E-state index in [1.54, 1.807) is 7.05 Å². The highest BCUT2D eigenvalue weighted by atomic mass is 127. The Morgan fingerprint density at radius 2 is 1.56 bits per heavy atom. The van der Waals surface area contributed by atoms with E-state index in [1.165, 1.54) is 0 Å². The van der Waals surface area contributed by atoms with Gasteiger partial charge in [-0.2, -0.15) is 0 Å². The Balaban J connectivity index is 0.00000512. The minimum absolute atomic E-state index is 0. The number of halogens is 1. The fraction of sp³-hybridized carbons (Fsp3) is 0.417. The first-order valence-corrected chi connectivity index (χ1v) is 10.8. The summed E-state index contributed by atoms with van der Waals surface area (Å²) >= 11 is 0. The second kappa shape index (κ2) is 16.2. The van der Waals surface area contributed by atoms with E-state index in [-0.39, 0.29) is 29.9 Å². The molecule has 32 heavy (non-hydrogen) atoms. The SMILES string of the molecule is CCOc1ccc(CCNC(=NC)NCCC(=O)NCc2ccccc2)cc1OCC.I. The molecule has 0 fully saturated rings. The molecule has 2 aromatic carbocycles. The molecule has 2 rings (SSSR count). The third-order valence-corrected chi connectivity index (χ3v) is 4.51. The summed E-state index contributed by atoms with van der Waals surface area (Å²) in [5, 5.41) is 9.37. The predicted molar refractivity (Wildman–Crippen MR) is 140 cm³/mol. The molecule has 3 N–H and O–H groups in total. The molecule has 0 saturated heterocycles. The van der Waals surface area contributed by atoms with Gasteiger partial charge in [0.2, 0.25) is 5.91 Å². The normalized spacial score (nSPS) is 10.7. The molecule has 0 bridgehead atoms. The molecule has 7 nitrogen and oxygen atoms in total. The van der Waals surface area contributed by atoms with Gasteiger partial charge in [0.1, 0.15) is 0 Å². The molecular weight excluding hydrogens is 519 g/mol. The van der Waals surface area contributed by atoms with E-state index in [2.05, 4.69) is 20.9 Å². The van der Waals surface area contributed by atoms with Gasteiger partial charge in [0.15, 0.2) is 17.5 Å². The van der Waals surface area contributed by atoms with E-state index in [4.69, 9.17) is 9.47 Å². The first-order valence-electron chi connectivity index (χ1n) is 10.8. The maximum atomic E-state index is 12.0. The lowest BCUT2D eigenvalue weighted by Crippen LogP contribution is -2.40. The third-order valence-electron chi connectivity index (χ3n) is 4.51. The van der Waals surface area contributed by atoms with E-state index in [0.29, 0.717) is 45.2 Å². The van der Waals surface area contributed by atoms with Crippen LogP contribution in [0.1, 0.15) is 31.4 Å². The maximum Gasteiger partial charge on any atom is 0.222 e. The summed E-state index contributed by atoms with van der Waals surface area (Å²) in [5.74, 6) is 2.21. The highest BCUT2D eigenvalue weighted by Gasteiger charge is 2.07. The number of rotatable bonds is 12. The van der Waals surface area contributed by atoms with Crippen LogP contribution in [-0.2, 0) is 17.8 Å². The molecule has 8 heteroatoms. The molecule has 0 atom stereocenters. The number of carbonyl (C=O) groups excluding carboxylic acids is 1. The number of benzene rings is 2. The maximum absolute atomic E-state index is 12.0. The van der Waals surface area contributed by atoms with Crippen molar-refractivity contribution in [3.63, 3.8) is 0 Å².